The number of benzene rings is 1. The fraction of sp³-hybridized carbons (Fsp3) is 0.350. The summed E-state index contributed by atoms with van der Waals surface area (Å²) in [4.78, 5) is 15.4. The lowest BCUT2D eigenvalue weighted by Crippen LogP contribution is -2.35. The number of rotatable bonds is 5. The molecule has 1 aromatic rings. The number of nitrogens with zero attached hydrogens (tertiary/aromatic N) is 3. The third kappa shape index (κ3) is 3.71. The summed E-state index contributed by atoms with van der Waals surface area (Å²) in [6, 6.07) is 8.01. The Balaban J connectivity index is 1.78. The Morgan fingerprint density at radius 3 is 2.64 bits per heavy atom. The van der Waals surface area contributed by atoms with Crippen molar-refractivity contribution in [2.24, 2.45) is 16.0 Å². The van der Waals surface area contributed by atoms with Crippen LogP contribution in [-0.4, -0.2) is 33.7 Å². The van der Waals surface area contributed by atoms with Crippen LogP contribution in [0.3, 0.4) is 0 Å². The first-order valence-corrected chi connectivity index (χ1v) is 8.57. The Morgan fingerprint density at radius 2 is 2.00 bits per heavy atom. The molecule has 3 rings (SSSR count). The molecule has 25 heavy (non-hydrogen) atoms. The molecule has 2 aliphatic heterocycles. The van der Waals surface area contributed by atoms with Gasteiger partial charge in [-0.1, -0.05) is 31.2 Å². The number of aliphatic imine (C=N–C) groups is 1. The van der Waals surface area contributed by atoms with Gasteiger partial charge in [-0.3, -0.25) is 4.99 Å². The molecule has 130 valence electrons. The highest BCUT2D eigenvalue weighted by atomic mass is 16.4. The summed E-state index contributed by atoms with van der Waals surface area (Å²) in [7, 11) is 0. The minimum absolute atomic E-state index is 0.0477. The van der Waals surface area contributed by atoms with E-state index in [0.717, 1.165) is 35.9 Å². The van der Waals surface area contributed by atoms with Gasteiger partial charge in [0.2, 0.25) is 0 Å². The van der Waals surface area contributed by atoms with Crippen molar-refractivity contribution in [1.82, 2.24) is 5.01 Å². The summed E-state index contributed by atoms with van der Waals surface area (Å²) in [5.74, 6) is -0.670. The number of aliphatic carboxylic acids is 1. The zero-order valence-electron chi connectivity index (χ0n) is 14.8. The Hall–Kier alpha value is -2.69. The van der Waals surface area contributed by atoms with Gasteiger partial charge in [-0.25, -0.2) is 9.80 Å². The quantitative estimate of drug-likeness (QED) is 0.833. The Bertz CT molecular complexity index is 788. The van der Waals surface area contributed by atoms with E-state index in [1.807, 2.05) is 24.1 Å². The molecule has 0 bridgehead atoms. The molecule has 0 fully saturated rings. The minimum Gasteiger partial charge on any atom is -0.478 e. The van der Waals surface area contributed by atoms with E-state index in [9.17, 15) is 4.79 Å². The third-order valence-electron chi connectivity index (χ3n) is 4.61. The molecule has 5 nitrogen and oxygen atoms in total. The number of carboxylic acid groups (broad SMARTS) is 1. The van der Waals surface area contributed by atoms with Crippen LogP contribution in [0.4, 0.5) is 0 Å². The molecular weight excluding hydrogens is 314 g/mol. The average molecular weight is 337 g/mol. The van der Waals surface area contributed by atoms with Gasteiger partial charge in [-0.2, -0.15) is 5.10 Å². The van der Waals surface area contributed by atoms with E-state index >= 15 is 0 Å². The molecule has 2 unspecified atom stereocenters. The second-order valence-electron chi connectivity index (χ2n) is 6.48. The number of carbonyl (C=O) groups is 1. The largest absolute Gasteiger partial charge is 0.478 e. The smallest absolute Gasteiger partial charge is 0.328 e. The first kappa shape index (κ1) is 17.1. The molecule has 0 aromatic heterocycles. The van der Waals surface area contributed by atoms with Crippen LogP contribution < -0.4 is 0 Å². The van der Waals surface area contributed by atoms with E-state index in [2.05, 4.69) is 32.1 Å². The standard InChI is InChI=1S/C20H23N3O2/c1-4-18-17(20-21-13(2)11-14(3)23(20)22-18)12-16-7-5-15(6-8-16)9-10-19(24)25/h5-11,17,20H,4,12H2,1-3H3,(H,24,25)/b10-9+. The first-order chi connectivity index (χ1) is 12.0. The van der Waals surface area contributed by atoms with Gasteiger partial charge in [-0.05, 0) is 50.0 Å². The predicted octanol–water partition coefficient (Wildman–Crippen LogP) is 3.73. The van der Waals surface area contributed by atoms with Crippen molar-refractivity contribution in [2.45, 2.75) is 39.8 Å². The number of allylic oxidation sites excluding steroid dienone is 2. The Labute approximate surface area is 148 Å². The highest BCUT2D eigenvalue weighted by Crippen LogP contribution is 2.33. The number of carboxylic acids is 1. The molecule has 5 heteroatoms. The zero-order chi connectivity index (χ0) is 18.0. The number of fused-ring (bicyclic) bond motifs is 1. The van der Waals surface area contributed by atoms with E-state index in [0.29, 0.717) is 0 Å². The molecule has 0 saturated heterocycles. The molecule has 2 aliphatic rings. The summed E-state index contributed by atoms with van der Waals surface area (Å²) in [6.45, 7) is 6.25. The van der Waals surface area contributed by atoms with Gasteiger partial charge in [0.25, 0.3) is 0 Å². The van der Waals surface area contributed by atoms with E-state index in [1.165, 1.54) is 11.3 Å². The predicted molar refractivity (Wildman–Crippen MR) is 101 cm³/mol. The summed E-state index contributed by atoms with van der Waals surface area (Å²) in [6.07, 6.45) is 6.66. The molecule has 2 heterocycles. The second kappa shape index (κ2) is 7.05. The lowest BCUT2D eigenvalue weighted by molar-refractivity contribution is -0.131. The topological polar surface area (TPSA) is 65.3 Å². The normalized spacial score (nSPS) is 22.5. The van der Waals surface area contributed by atoms with Gasteiger partial charge in [0.1, 0.15) is 6.17 Å². The van der Waals surface area contributed by atoms with Crippen molar-refractivity contribution >= 4 is 23.5 Å². The molecule has 1 aromatic carbocycles. The van der Waals surface area contributed by atoms with Crippen LogP contribution >= 0.6 is 0 Å². The van der Waals surface area contributed by atoms with E-state index in [1.54, 1.807) is 6.08 Å². The Kier molecular flexibility index (Phi) is 4.83. The number of hydrogen-bond donors (Lipinski definition) is 1. The van der Waals surface area contributed by atoms with E-state index in [4.69, 9.17) is 15.2 Å². The Morgan fingerprint density at radius 1 is 1.28 bits per heavy atom. The van der Waals surface area contributed by atoms with Crippen molar-refractivity contribution in [2.75, 3.05) is 0 Å². The van der Waals surface area contributed by atoms with Crippen molar-refractivity contribution in [3.8, 4) is 0 Å². The fourth-order valence-electron chi connectivity index (χ4n) is 3.40. The minimum atomic E-state index is -0.937. The summed E-state index contributed by atoms with van der Waals surface area (Å²) >= 11 is 0. The van der Waals surface area contributed by atoms with E-state index < -0.39 is 5.97 Å². The van der Waals surface area contributed by atoms with Gasteiger partial charge < -0.3 is 5.11 Å². The van der Waals surface area contributed by atoms with Gasteiger partial charge in [0.15, 0.2) is 0 Å². The lowest BCUT2D eigenvalue weighted by atomic mass is 9.90. The molecule has 0 aliphatic carbocycles. The fourth-order valence-corrected chi connectivity index (χ4v) is 3.40. The van der Waals surface area contributed by atoms with Crippen molar-refractivity contribution < 1.29 is 9.90 Å². The van der Waals surface area contributed by atoms with Gasteiger partial charge >= 0.3 is 5.97 Å². The number of hydrogen-bond acceptors (Lipinski definition) is 4. The molecule has 2 atom stereocenters. The average Bonchev–Trinajstić information content (AvgIpc) is 2.92. The van der Waals surface area contributed by atoms with Gasteiger partial charge in [-0.15, -0.1) is 0 Å². The maximum atomic E-state index is 10.6. The van der Waals surface area contributed by atoms with Gasteiger partial charge in [0.05, 0.1) is 0 Å². The monoisotopic (exact) mass is 337 g/mol. The molecular formula is C20H23N3O2. The van der Waals surface area contributed by atoms with Crippen molar-refractivity contribution in [3.05, 3.63) is 53.2 Å². The van der Waals surface area contributed by atoms with Crippen LogP contribution in [0.15, 0.2) is 52.2 Å². The third-order valence-corrected chi connectivity index (χ3v) is 4.61. The van der Waals surface area contributed by atoms with Crippen LogP contribution in [0, 0.1) is 5.92 Å². The van der Waals surface area contributed by atoms with Crippen molar-refractivity contribution in [1.29, 1.82) is 0 Å². The van der Waals surface area contributed by atoms with Crippen LogP contribution in [-0.2, 0) is 11.2 Å². The maximum Gasteiger partial charge on any atom is 0.328 e. The summed E-state index contributed by atoms with van der Waals surface area (Å²) < 4.78 is 0. The molecule has 0 spiro atoms. The molecule has 0 saturated carbocycles. The first-order valence-electron chi connectivity index (χ1n) is 8.57. The van der Waals surface area contributed by atoms with Crippen LogP contribution in [0.25, 0.3) is 6.08 Å². The van der Waals surface area contributed by atoms with Gasteiger partial charge in [0, 0.05) is 29.1 Å². The number of hydrazone groups is 1. The molecule has 0 radical (unpaired) electrons. The molecule has 1 N–H and O–H groups in total. The summed E-state index contributed by atoms with van der Waals surface area (Å²) in [5.41, 5.74) is 5.46. The maximum absolute atomic E-state index is 10.6. The van der Waals surface area contributed by atoms with Crippen LogP contribution in [0.2, 0.25) is 0 Å². The zero-order valence-corrected chi connectivity index (χ0v) is 14.8. The van der Waals surface area contributed by atoms with Crippen LogP contribution in [0.1, 0.15) is 38.3 Å². The summed E-state index contributed by atoms with van der Waals surface area (Å²) in [5, 5.41) is 15.5. The second-order valence-corrected chi connectivity index (χ2v) is 6.48. The van der Waals surface area contributed by atoms with E-state index in [-0.39, 0.29) is 12.1 Å². The van der Waals surface area contributed by atoms with Crippen LogP contribution in [0.5, 0.6) is 0 Å². The molecule has 0 amide bonds. The lowest BCUT2D eigenvalue weighted by Gasteiger charge is -2.28. The van der Waals surface area contributed by atoms with Crippen molar-refractivity contribution in [3.63, 3.8) is 0 Å². The SMILES string of the molecule is CCC1=NN2C(C)=CC(C)=NC2C1Cc1ccc(/C=C/C(=O)O)cc1. The highest BCUT2D eigenvalue weighted by Gasteiger charge is 2.38. The highest BCUT2D eigenvalue weighted by molar-refractivity contribution is 5.96.